The largest absolute Gasteiger partial charge is 0.389 e. The van der Waals surface area contributed by atoms with E-state index in [-0.39, 0.29) is 17.9 Å². The maximum Gasteiger partial charge on any atom is 0.223 e. The second kappa shape index (κ2) is 13.5. The summed E-state index contributed by atoms with van der Waals surface area (Å²) < 4.78 is 0. The zero-order valence-electron chi connectivity index (χ0n) is 17.4. The number of rotatable bonds is 12. The number of hydrogen-bond donors (Lipinski definition) is 1. The normalized spacial score (nSPS) is 19.2. The quantitative estimate of drug-likeness (QED) is 0.416. The molecule has 0 radical (unpaired) electrons. The average Bonchev–Trinajstić information content (AvgIpc) is 2.64. The number of likely N-dealkylation sites (tertiary alicyclic amines) is 1. The minimum atomic E-state index is -0.416. The van der Waals surface area contributed by atoms with Crippen LogP contribution in [-0.4, -0.2) is 59.5 Å². The molecule has 0 bridgehead atoms. The van der Waals surface area contributed by atoms with Crippen LogP contribution in [0.3, 0.4) is 0 Å². The van der Waals surface area contributed by atoms with Gasteiger partial charge in [-0.05, 0) is 32.1 Å². The second-order valence-electron chi connectivity index (χ2n) is 7.61. The molecule has 0 aromatic heterocycles. The highest BCUT2D eigenvalue weighted by Crippen LogP contribution is 2.20. The predicted octanol–water partition coefficient (Wildman–Crippen LogP) is 3.68. The molecular weight excluding hydrogens is 340 g/mol. The van der Waals surface area contributed by atoms with E-state index in [0.717, 1.165) is 51.4 Å². The summed E-state index contributed by atoms with van der Waals surface area (Å²) >= 11 is 0. The molecule has 2 amide bonds. The van der Waals surface area contributed by atoms with Crippen molar-refractivity contribution >= 4 is 11.8 Å². The second-order valence-corrected chi connectivity index (χ2v) is 7.61. The van der Waals surface area contributed by atoms with E-state index in [0.29, 0.717) is 19.4 Å². The van der Waals surface area contributed by atoms with Gasteiger partial charge in [0.25, 0.3) is 0 Å². The number of aliphatic hydroxyl groups is 1. The van der Waals surface area contributed by atoms with Gasteiger partial charge in [0.15, 0.2) is 0 Å². The monoisotopic (exact) mass is 378 g/mol. The van der Waals surface area contributed by atoms with E-state index in [1.54, 1.807) is 19.0 Å². The molecule has 2 atom stereocenters. The molecule has 5 nitrogen and oxygen atoms in total. The smallest absolute Gasteiger partial charge is 0.223 e. The standard InChI is InChI=1S/C22H38N2O3/c1-4-5-8-13-20(25)17-16-19-12-11-15-22(27)24(19)18-10-7-6-9-14-21(26)23(2)3/h7,10,16-17,19-20,25H,4-6,8-9,11-15,18H2,1-3H3/b10-7-,17-16+/t19-,20?/m1/s1. The maximum atomic E-state index is 12.3. The summed E-state index contributed by atoms with van der Waals surface area (Å²) in [6.07, 6.45) is 16.4. The molecule has 1 heterocycles. The summed E-state index contributed by atoms with van der Waals surface area (Å²) in [6.45, 7) is 2.75. The fourth-order valence-electron chi connectivity index (χ4n) is 3.24. The van der Waals surface area contributed by atoms with Gasteiger partial charge in [0.1, 0.15) is 0 Å². The zero-order chi connectivity index (χ0) is 20.1. The molecule has 1 saturated heterocycles. The first-order chi connectivity index (χ1) is 13.0. The van der Waals surface area contributed by atoms with Crippen LogP contribution in [0.5, 0.6) is 0 Å². The molecule has 27 heavy (non-hydrogen) atoms. The minimum absolute atomic E-state index is 0.0760. The van der Waals surface area contributed by atoms with Crippen molar-refractivity contribution in [1.82, 2.24) is 9.80 Å². The molecule has 0 spiro atoms. The first-order valence-electron chi connectivity index (χ1n) is 10.5. The van der Waals surface area contributed by atoms with Gasteiger partial charge in [0, 0.05) is 33.5 Å². The highest BCUT2D eigenvalue weighted by Gasteiger charge is 2.25. The van der Waals surface area contributed by atoms with E-state index in [1.165, 1.54) is 0 Å². The third-order valence-corrected chi connectivity index (χ3v) is 5.00. The summed E-state index contributed by atoms with van der Waals surface area (Å²) in [5.74, 6) is 0.334. The van der Waals surface area contributed by atoms with Crippen molar-refractivity contribution in [3.8, 4) is 0 Å². The van der Waals surface area contributed by atoms with Crippen molar-refractivity contribution in [3.05, 3.63) is 24.3 Å². The third-order valence-electron chi connectivity index (χ3n) is 5.00. The van der Waals surface area contributed by atoms with Gasteiger partial charge in [-0.1, -0.05) is 50.5 Å². The van der Waals surface area contributed by atoms with Crippen LogP contribution in [0, 0.1) is 0 Å². The van der Waals surface area contributed by atoms with E-state index in [1.807, 2.05) is 23.1 Å². The highest BCUT2D eigenvalue weighted by molar-refractivity contribution is 5.77. The number of allylic oxidation sites excluding steroid dienone is 1. The van der Waals surface area contributed by atoms with Crippen LogP contribution in [0.2, 0.25) is 0 Å². The summed E-state index contributed by atoms with van der Waals surface area (Å²) in [5.41, 5.74) is 0. The van der Waals surface area contributed by atoms with Crippen LogP contribution in [0.25, 0.3) is 0 Å². The van der Waals surface area contributed by atoms with E-state index in [4.69, 9.17) is 0 Å². The zero-order valence-corrected chi connectivity index (χ0v) is 17.4. The van der Waals surface area contributed by atoms with Gasteiger partial charge < -0.3 is 14.9 Å². The van der Waals surface area contributed by atoms with Gasteiger partial charge in [-0.3, -0.25) is 9.59 Å². The molecule has 1 N–H and O–H groups in total. The SMILES string of the molecule is CCCCCC(O)/C=C/[C@H]1CCCC(=O)N1C/C=C\CCCC(=O)N(C)C. The Balaban J connectivity index is 2.43. The summed E-state index contributed by atoms with van der Waals surface area (Å²) in [4.78, 5) is 27.3. The van der Waals surface area contributed by atoms with Crippen LogP contribution in [0.1, 0.15) is 71.1 Å². The fourth-order valence-corrected chi connectivity index (χ4v) is 3.24. The molecule has 154 valence electrons. The highest BCUT2D eigenvalue weighted by atomic mass is 16.3. The first-order valence-corrected chi connectivity index (χ1v) is 10.5. The molecule has 1 aliphatic rings. The topological polar surface area (TPSA) is 60.9 Å². The van der Waals surface area contributed by atoms with Gasteiger partial charge >= 0.3 is 0 Å². The van der Waals surface area contributed by atoms with Crippen molar-refractivity contribution < 1.29 is 14.7 Å². The summed E-state index contributed by atoms with van der Waals surface area (Å²) in [5, 5.41) is 10.1. The Kier molecular flexibility index (Phi) is 11.7. The number of nitrogens with zero attached hydrogens (tertiary/aromatic N) is 2. The Morgan fingerprint density at radius 3 is 2.78 bits per heavy atom. The van der Waals surface area contributed by atoms with Gasteiger partial charge in [-0.2, -0.15) is 0 Å². The lowest BCUT2D eigenvalue weighted by atomic mass is 10.00. The minimum Gasteiger partial charge on any atom is -0.389 e. The lowest BCUT2D eigenvalue weighted by Crippen LogP contribution is -2.42. The fraction of sp³-hybridized carbons (Fsp3) is 0.727. The van der Waals surface area contributed by atoms with Crippen molar-refractivity contribution in [1.29, 1.82) is 0 Å². The predicted molar refractivity (Wildman–Crippen MR) is 110 cm³/mol. The molecule has 0 saturated carbocycles. The van der Waals surface area contributed by atoms with Gasteiger partial charge in [-0.15, -0.1) is 0 Å². The Morgan fingerprint density at radius 2 is 2.07 bits per heavy atom. The third kappa shape index (κ3) is 9.76. The number of amides is 2. The molecule has 1 aliphatic heterocycles. The van der Waals surface area contributed by atoms with E-state index < -0.39 is 6.10 Å². The van der Waals surface area contributed by atoms with Gasteiger partial charge in [-0.25, -0.2) is 0 Å². The van der Waals surface area contributed by atoms with Crippen molar-refractivity contribution in [2.45, 2.75) is 83.3 Å². The van der Waals surface area contributed by atoms with E-state index >= 15 is 0 Å². The number of aliphatic hydroxyl groups excluding tert-OH is 1. The van der Waals surface area contributed by atoms with Crippen molar-refractivity contribution in [3.63, 3.8) is 0 Å². The molecule has 0 aromatic carbocycles. The Hall–Kier alpha value is -1.62. The van der Waals surface area contributed by atoms with Crippen LogP contribution < -0.4 is 0 Å². The van der Waals surface area contributed by atoms with Crippen LogP contribution in [0.4, 0.5) is 0 Å². The Morgan fingerprint density at radius 1 is 1.30 bits per heavy atom. The average molecular weight is 379 g/mol. The maximum absolute atomic E-state index is 12.3. The number of hydrogen-bond acceptors (Lipinski definition) is 3. The number of carbonyl (C=O) groups is 2. The Labute approximate surface area is 165 Å². The molecule has 1 unspecified atom stereocenters. The van der Waals surface area contributed by atoms with Gasteiger partial charge in [0.2, 0.25) is 11.8 Å². The number of piperidine rings is 1. The van der Waals surface area contributed by atoms with Crippen LogP contribution in [-0.2, 0) is 9.59 Å². The van der Waals surface area contributed by atoms with E-state index in [2.05, 4.69) is 13.0 Å². The molecular formula is C22H38N2O3. The Bertz CT molecular complexity index is 500. The molecule has 5 heteroatoms. The molecule has 1 rings (SSSR count). The molecule has 1 fully saturated rings. The summed E-state index contributed by atoms with van der Waals surface area (Å²) in [7, 11) is 3.54. The lowest BCUT2D eigenvalue weighted by Gasteiger charge is -2.33. The van der Waals surface area contributed by atoms with E-state index in [9.17, 15) is 14.7 Å². The van der Waals surface area contributed by atoms with Crippen LogP contribution in [0.15, 0.2) is 24.3 Å². The summed E-state index contributed by atoms with van der Waals surface area (Å²) in [6, 6.07) is 0.0760. The van der Waals surface area contributed by atoms with Gasteiger partial charge in [0.05, 0.1) is 12.1 Å². The van der Waals surface area contributed by atoms with Crippen molar-refractivity contribution in [2.24, 2.45) is 0 Å². The van der Waals surface area contributed by atoms with Crippen LogP contribution >= 0.6 is 0 Å². The number of unbranched alkanes of at least 4 members (excludes halogenated alkanes) is 3. The molecule has 0 aromatic rings. The van der Waals surface area contributed by atoms with Crippen molar-refractivity contribution in [2.75, 3.05) is 20.6 Å². The number of carbonyl (C=O) groups excluding carboxylic acids is 2. The first kappa shape index (κ1) is 23.4. The lowest BCUT2D eigenvalue weighted by molar-refractivity contribution is -0.134. The molecule has 0 aliphatic carbocycles.